The molecule has 0 saturated heterocycles. The average Bonchev–Trinajstić information content (AvgIpc) is 2.60. The molecule has 1 heterocycles. The highest BCUT2D eigenvalue weighted by Gasteiger charge is 2.36. The Kier molecular flexibility index (Phi) is 3.24. The average molecular weight is 255 g/mol. The van der Waals surface area contributed by atoms with Crippen LogP contribution in [0.2, 0.25) is 0 Å². The van der Waals surface area contributed by atoms with E-state index in [1.54, 1.807) is 0 Å². The molecule has 1 aliphatic carbocycles. The molecule has 1 aromatic rings. The molecule has 0 unspecified atom stereocenters. The molecule has 0 amide bonds. The first-order valence-electron chi connectivity index (χ1n) is 6.56. The number of hydrogen-bond donors (Lipinski definition) is 0. The second kappa shape index (κ2) is 4.32. The Balaban J connectivity index is 2.19. The van der Waals surface area contributed by atoms with Crippen LogP contribution in [-0.2, 0) is 5.54 Å². The minimum atomic E-state index is -2.47. The fourth-order valence-corrected chi connectivity index (χ4v) is 2.74. The van der Waals surface area contributed by atoms with Gasteiger partial charge in [0.1, 0.15) is 6.20 Å². The van der Waals surface area contributed by atoms with Crippen LogP contribution in [0.5, 0.6) is 0 Å². The van der Waals surface area contributed by atoms with E-state index in [0.717, 1.165) is 11.3 Å². The van der Waals surface area contributed by atoms with Gasteiger partial charge in [0.15, 0.2) is 0 Å². The third-order valence-electron chi connectivity index (χ3n) is 3.74. The fourth-order valence-electron chi connectivity index (χ4n) is 2.74. The van der Waals surface area contributed by atoms with Crippen molar-refractivity contribution in [1.29, 1.82) is 0 Å². The molecule has 1 saturated carbocycles. The van der Waals surface area contributed by atoms with Gasteiger partial charge in [-0.1, -0.05) is 0 Å². The van der Waals surface area contributed by atoms with Crippen LogP contribution in [0, 0.1) is 13.1 Å². The topological polar surface area (TPSA) is 17.8 Å². The summed E-state index contributed by atoms with van der Waals surface area (Å²) < 4.78 is 28.3. The monoisotopic (exact) mass is 255 g/mol. The van der Waals surface area contributed by atoms with Crippen LogP contribution in [0.25, 0.3) is 0 Å². The van der Waals surface area contributed by atoms with Gasteiger partial charge in [0.2, 0.25) is 5.92 Å². The largest absolute Gasteiger partial charge is 0.264 e. The minimum absolute atomic E-state index is 0.00829. The smallest absolute Gasteiger partial charge is 0.248 e. The lowest BCUT2D eigenvalue weighted by molar-refractivity contribution is -0.0382. The lowest BCUT2D eigenvalue weighted by atomic mass is 9.82. The summed E-state index contributed by atoms with van der Waals surface area (Å²) in [6, 6.07) is 0. The number of halogens is 2. The van der Waals surface area contributed by atoms with Crippen molar-refractivity contribution in [3.05, 3.63) is 17.5 Å². The molecular weight excluding hydrogens is 234 g/mol. The summed E-state index contributed by atoms with van der Waals surface area (Å²) in [7, 11) is 0. The number of aromatic nitrogens is 2. The molecule has 101 valence electrons. The summed E-state index contributed by atoms with van der Waals surface area (Å²) in [6.45, 7) is 8.26. The number of hydrogen-bond acceptors (Lipinski definition) is 1. The van der Waals surface area contributed by atoms with Crippen molar-refractivity contribution in [2.24, 2.45) is 0 Å². The highest BCUT2D eigenvalue weighted by Crippen LogP contribution is 2.41. The zero-order valence-corrected chi connectivity index (χ0v) is 11.6. The molecule has 1 aromatic heterocycles. The van der Waals surface area contributed by atoms with Crippen molar-refractivity contribution in [3.63, 3.8) is 0 Å². The Morgan fingerprint density at radius 2 is 1.83 bits per heavy atom. The first-order chi connectivity index (χ1) is 8.21. The van der Waals surface area contributed by atoms with Crippen molar-refractivity contribution in [2.75, 3.05) is 0 Å². The Morgan fingerprint density at radius 3 is 2.28 bits per heavy atom. The summed E-state index contributed by atoms with van der Waals surface area (Å²) in [5.41, 5.74) is 2.01. The molecule has 1 fully saturated rings. The van der Waals surface area contributed by atoms with Crippen LogP contribution in [0.1, 0.15) is 63.6 Å². The van der Waals surface area contributed by atoms with E-state index in [0.29, 0.717) is 12.8 Å². The lowest BCUT2D eigenvalue weighted by Gasteiger charge is -2.28. The summed E-state index contributed by atoms with van der Waals surface area (Å²) in [6.07, 6.45) is 4.11. The van der Waals surface area contributed by atoms with Crippen LogP contribution < -0.4 is 0 Å². The first kappa shape index (κ1) is 13.5. The summed E-state index contributed by atoms with van der Waals surface area (Å²) in [5, 5.41) is 4.30. The van der Waals surface area contributed by atoms with E-state index in [1.807, 2.05) is 11.6 Å². The van der Waals surface area contributed by atoms with Crippen LogP contribution in [-0.4, -0.2) is 15.7 Å². The predicted octanol–water partition coefficient (Wildman–Crippen LogP) is 4.04. The van der Waals surface area contributed by atoms with E-state index in [2.05, 4.69) is 32.1 Å². The van der Waals surface area contributed by atoms with Crippen molar-refractivity contribution in [2.45, 2.75) is 70.8 Å². The third-order valence-corrected chi connectivity index (χ3v) is 3.74. The van der Waals surface area contributed by atoms with Gasteiger partial charge in [-0.2, -0.15) is 5.10 Å². The van der Waals surface area contributed by atoms with E-state index < -0.39 is 5.92 Å². The van der Waals surface area contributed by atoms with Crippen molar-refractivity contribution >= 4 is 0 Å². The van der Waals surface area contributed by atoms with Gasteiger partial charge in [-0.15, -0.1) is 0 Å². The minimum Gasteiger partial charge on any atom is -0.264 e. The van der Waals surface area contributed by atoms with Gasteiger partial charge in [0.05, 0.1) is 5.54 Å². The zero-order valence-electron chi connectivity index (χ0n) is 11.6. The third kappa shape index (κ3) is 2.57. The number of rotatable bonds is 1. The molecule has 0 N–H and O–H groups in total. The van der Waals surface area contributed by atoms with Gasteiger partial charge < -0.3 is 0 Å². The van der Waals surface area contributed by atoms with Gasteiger partial charge in [0, 0.05) is 24.1 Å². The maximum Gasteiger partial charge on any atom is 0.248 e. The molecule has 2 nitrogen and oxygen atoms in total. The molecule has 0 aromatic carbocycles. The van der Waals surface area contributed by atoms with Gasteiger partial charge in [-0.25, -0.2) is 8.78 Å². The van der Waals surface area contributed by atoms with E-state index in [4.69, 9.17) is 0 Å². The highest BCUT2D eigenvalue weighted by atomic mass is 19.3. The molecule has 1 aliphatic rings. The van der Waals surface area contributed by atoms with E-state index >= 15 is 0 Å². The van der Waals surface area contributed by atoms with Crippen molar-refractivity contribution in [1.82, 2.24) is 9.78 Å². The van der Waals surface area contributed by atoms with Crippen LogP contribution in [0.4, 0.5) is 8.78 Å². The second-order valence-electron chi connectivity index (χ2n) is 6.32. The van der Waals surface area contributed by atoms with E-state index in [9.17, 15) is 8.78 Å². The molecule has 1 radical (unpaired) electrons. The standard InChI is InChI=1S/C14H21F2N2/c1-10-12(9-17-18(10)13(2,3)4)11-5-7-14(15,16)8-6-11/h11H,5-8H2,1-4H3. The molecule has 2 rings (SSSR count). The van der Waals surface area contributed by atoms with Gasteiger partial charge >= 0.3 is 0 Å². The maximum absolute atomic E-state index is 13.2. The number of alkyl halides is 2. The van der Waals surface area contributed by atoms with Crippen molar-refractivity contribution in [3.8, 4) is 0 Å². The van der Waals surface area contributed by atoms with Gasteiger partial charge in [-0.05, 0) is 46.5 Å². The van der Waals surface area contributed by atoms with Crippen LogP contribution >= 0.6 is 0 Å². The molecule has 0 spiro atoms. The Morgan fingerprint density at radius 1 is 1.28 bits per heavy atom. The van der Waals surface area contributed by atoms with Gasteiger partial charge in [-0.3, -0.25) is 4.68 Å². The lowest BCUT2D eigenvalue weighted by Crippen LogP contribution is -2.26. The van der Waals surface area contributed by atoms with Gasteiger partial charge in [0.25, 0.3) is 0 Å². The molecule has 0 atom stereocenters. The molecule has 18 heavy (non-hydrogen) atoms. The van der Waals surface area contributed by atoms with E-state index in [-0.39, 0.29) is 24.3 Å². The molecule has 4 heteroatoms. The maximum atomic E-state index is 13.2. The summed E-state index contributed by atoms with van der Waals surface area (Å²) in [4.78, 5) is 0. The van der Waals surface area contributed by atoms with E-state index in [1.165, 1.54) is 0 Å². The van der Waals surface area contributed by atoms with Crippen LogP contribution in [0.3, 0.4) is 0 Å². The van der Waals surface area contributed by atoms with Crippen LogP contribution in [0.15, 0.2) is 0 Å². The fraction of sp³-hybridized carbons (Fsp3) is 0.786. The molecular formula is C14H21F2N2. The zero-order chi connectivity index (χ0) is 13.6. The Labute approximate surface area is 107 Å². The van der Waals surface area contributed by atoms with Crippen molar-refractivity contribution < 1.29 is 8.78 Å². The summed E-state index contributed by atoms with van der Waals surface area (Å²) >= 11 is 0. The molecule has 0 bridgehead atoms. The first-order valence-corrected chi connectivity index (χ1v) is 6.56. The normalized spacial score (nSPS) is 21.2. The Hall–Kier alpha value is -0.930. The molecule has 0 aliphatic heterocycles. The second-order valence-corrected chi connectivity index (χ2v) is 6.32. The SMILES string of the molecule is Cc1c(C2CCC(F)(F)CC2)[c]nn1C(C)(C)C. The highest BCUT2D eigenvalue weighted by molar-refractivity contribution is 5.22. The summed E-state index contributed by atoms with van der Waals surface area (Å²) in [5.74, 6) is -2.27. The Bertz CT molecular complexity index is 419. The quantitative estimate of drug-likeness (QED) is 0.740. The number of nitrogens with zero attached hydrogens (tertiary/aromatic N) is 2. The predicted molar refractivity (Wildman–Crippen MR) is 67.0 cm³/mol.